The zero-order valence-electron chi connectivity index (χ0n) is 37.9. The van der Waals surface area contributed by atoms with Gasteiger partial charge in [-0.05, 0) is 51.4 Å². The summed E-state index contributed by atoms with van der Waals surface area (Å²) >= 11 is 0. The van der Waals surface area contributed by atoms with Crippen molar-refractivity contribution in [2.75, 3.05) is 13.2 Å². The molecule has 0 fully saturated rings. The molecule has 332 valence electrons. The fourth-order valence-corrected chi connectivity index (χ4v) is 6.99. The van der Waals surface area contributed by atoms with E-state index in [4.69, 9.17) is 14.2 Å². The first kappa shape index (κ1) is 54.6. The molecule has 0 amide bonds. The van der Waals surface area contributed by atoms with Gasteiger partial charge in [0.1, 0.15) is 13.2 Å². The van der Waals surface area contributed by atoms with Gasteiger partial charge in [-0.3, -0.25) is 14.4 Å². The molecule has 6 heteroatoms. The van der Waals surface area contributed by atoms with Crippen molar-refractivity contribution in [3.63, 3.8) is 0 Å². The third-order valence-electron chi connectivity index (χ3n) is 10.7. The number of unbranched alkanes of at least 4 members (excludes halogenated alkanes) is 27. The Kier molecular flexibility index (Phi) is 44.4. The lowest BCUT2D eigenvalue weighted by atomic mass is 10.0. The molecule has 0 aromatic carbocycles. The lowest BCUT2D eigenvalue weighted by Crippen LogP contribution is -2.30. The number of rotatable bonds is 44. The van der Waals surface area contributed by atoms with E-state index in [9.17, 15) is 14.4 Å². The number of esters is 3. The van der Waals surface area contributed by atoms with E-state index in [0.29, 0.717) is 19.3 Å². The minimum absolute atomic E-state index is 0.0738. The van der Waals surface area contributed by atoms with Crippen molar-refractivity contribution in [3.8, 4) is 0 Å². The summed E-state index contributed by atoms with van der Waals surface area (Å²) in [7, 11) is 0. The molecule has 6 nitrogen and oxygen atoms in total. The van der Waals surface area contributed by atoms with Gasteiger partial charge in [0, 0.05) is 19.3 Å². The van der Waals surface area contributed by atoms with Crippen LogP contribution in [0.15, 0.2) is 36.5 Å². The van der Waals surface area contributed by atoms with Crippen molar-refractivity contribution >= 4 is 17.9 Å². The summed E-state index contributed by atoms with van der Waals surface area (Å²) < 4.78 is 16.7. The molecule has 0 bridgehead atoms. The number of hydrogen-bond donors (Lipinski definition) is 0. The Morgan fingerprint density at radius 3 is 1.07 bits per heavy atom. The van der Waals surface area contributed by atoms with Gasteiger partial charge >= 0.3 is 17.9 Å². The Hall–Kier alpha value is -2.37. The van der Waals surface area contributed by atoms with Gasteiger partial charge in [-0.1, -0.05) is 218 Å². The molecule has 0 saturated heterocycles. The van der Waals surface area contributed by atoms with Crippen LogP contribution in [-0.2, 0) is 28.6 Å². The maximum Gasteiger partial charge on any atom is 0.306 e. The first-order valence-electron chi connectivity index (χ1n) is 24.5. The van der Waals surface area contributed by atoms with E-state index in [1.54, 1.807) is 0 Å². The number of allylic oxidation sites excluding steroid dienone is 6. The van der Waals surface area contributed by atoms with Gasteiger partial charge in [-0.2, -0.15) is 0 Å². The molecule has 1 atom stereocenters. The van der Waals surface area contributed by atoms with E-state index in [2.05, 4.69) is 57.2 Å². The smallest absolute Gasteiger partial charge is 0.306 e. The zero-order chi connectivity index (χ0) is 41.5. The molecule has 0 saturated carbocycles. The van der Waals surface area contributed by atoms with Crippen molar-refractivity contribution < 1.29 is 28.6 Å². The lowest BCUT2D eigenvalue weighted by molar-refractivity contribution is -0.167. The maximum absolute atomic E-state index is 12.7. The Balaban J connectivity index is 4.37. The van der Waals surface area contributed by atoms with E-state index >= 15 is 0 Å². The standard InChI is InChI=1S/C51H92O6/c1-4-7-10-13-16-19-22-25-26-27-30-32-35-38-41-44-50(53)56-47-48(57-51(54)45-42-39-36-33-29-24-21-18-15-12-9-6-3)46-55-49(52)43-40-37-34-31-28-23-20-17-14-11-8-5-2/h7,10,16,19,25-26,48H,4-6,8-9,11-15,17-18,20-24,27-47H2,1-3H3/b10-7-,19-16-,26-25-. The van der Waals surface area contributed by atoms with Crippen molar-refractivity contribution in [1.82, 2.24) is 0 Å². The van der Waals surface area contributed by atoms with E-state index in [1.165, 1.54) is 116 Å². The Labute approximate surface area is 353 Å². The summed E-state index contributed by atoms with van der Waals surface area (Å²) in [5, 5.41) is 0. The predicted molar refractivity (Wildman–Crippen MR) is 242 cm³/mol. The van der Waals surface area contributed by atoms with Gasteiger partial charge in [0.05, 0.1) is 0 Å². The highest BCUT2D eigenvalue weighted by molar-refractivity contribution is 5.71. The number of carbonyl (C=O) groups is 3. The molecule has 0 aliphatic heterocycles. The highest BCUT2D eigenvalue weighted by atomic mass is 16.6. The van der Waals surface area contributed by atoms with Gasteiger partial charge < -0.3 is 14.2 Å². The third-order valence-corrected chi connectivity index (χ3v) is 10.7. The van der Waals surface area contributed by atoms with Crippen LogP contribution in [0.3, 0.4) is 0 Å². The van der Waals surface area contributed by atoms with Crippen LogP contribution in [0, 0.1) is 0 Å². The van der Waals surface area contributed by atoms with Crippen LogP contribution in [-0.4, -0.2) is 37.2 Å². The molecule has 57 heavy (non-hydrogen) atoms. The van der Waals surface area contributed by atoms with Crippen LogP contribution in [0.1, 0.15) is 252 Å². The average molecular weight is 801 g/mol. The maximum atomic E-state index is 12.7. The van der Waals surface area contributed by atoms with Gasteiger partial charge in [0.25, 0.3) is 0 Å². The number of carbonyl (C=O) groups excluding carboxylic acids is 3. The first-order valence-corrected chi connectivity index (χ1v) is 24.5. The second-order valence-electron chi connectivity index (χ2n) is 16.4. The summed E-state index contributed by atoms with van der Waals surface area (Å²) in [4.78, 5) is 37.8. The fourth-order valence-electron chi connectivity index (χ4n) is 6.99. The van der Waals surface area contributed by atoms with Gasteiger partial charge in [0.2, 0.25) is 0 Å². The second kappa shape index (κ2) is 46.3. The van der Waals surface area contributed by atoms with Crippen molar-refractivity contribution in [2.45, 2.75) is 258 Å². The monoisotopic (exact) mass is 801 g/mol. The topological polar surface area (TPSA) is 78.9 Å². The largest absolute Gasteiger partial charge is 0.462 e. The SMILES string of the molecule is CC/C=C\C/C=C\C/C=C\CCCCCCCC(=O)OCC(COC(=O)CCCCCCCCCCCCCC)OC(=O)CCCCCCCCCCCCCC. The van der Waals surface area contributed by atoms with Gasteiger partial charge in [-0.15, -0.1) is 0 Å². The summed E-state index contributed by atoms with van der Waals surface area (Å²) in [5.74, 6) is -0.884. The molecular formula is C51H92O6. The van der Waals surface area contributed by atoms with Crippen LogP contribution >= 0.6 is 0 Å². The predicted octanol–water partition coefficient (Wildman–Crippen LogP) is 15.8. The highest BCUT2D eigenvalue weighted by Crippen LogP contribution is 2.15. The third kappa shape index (κ3) is 44.6. The number of ether oxygens (including phenoxy) is 3. The molecule has 1 unspecified atom stereocenters. The molecule has 0 rings (SSSR count). The molecule has 0 N–H and O–H groups in total. The van der Waals surface area contributed by atoms with E-state index in [-0.39, 0.29) is 31.1 Å². The Morgan fingerprint density at radius 2 is 0.684 bits per heavy atom. The summed E-state index contributed by atoms with van der Waals surface area (Å²) in [6.45, 7) is 6.52. The molecular weight excluding hydrogens is 709 g/mol. The second-order valence-corrected chi connectivity index (χ2v) is 16.4. The molecule has 0 aliphatic rings. The first-order chi connectivity index (χ1) is 28.0. The minimum Gasteiger partial charge on any atom is -0.462 e. The Bertz CT molecular complexity index is 969. The van der Waals surface area contributed by atoms with E-state index in [0.717, 1.165) is 96.3 Å². The quantitative estimate of drug-likeness (QED) is 0.0264. The van der Waals surface area contributed by atoms with Crippen LogP contribution < -0.4 is 0 Å². The van der Waals surface area contributed by atoms with Crippen LogP contribution in [0.5, 0.6) is 0 Å². The molecule has 0 spiro atoms. The minimum atomic E-state index is -0.772. The van der Waals surface area contributed by atoms with Crippen LogP contribution in [0.25, 0.3) is 0 Å². The normalized spacial score (nSPS) is 12.3. The average Bonchev–Trinajstić information content (AvgIpc) is 3.21. The zero-order valence-corrected chi connectivity index (χ0v) is 37.9. The van der Waals surface area contributed by atoms with Crippen LogP contribution in [0.2, 0.25) is 0 Å². The van der Waals surface area contributed by atoms with Gasteiger partial charge in [-0.25, -0.2) is 0 Å². The molecule has 0 aromatic rings. The van der Waals surface area contributed by atoms with E-state index < -0.39 is 6.10 Å². The summed E-state index contributed by atoms with van der Waals surface area (Å²) in [6.07, 6.45) is 52.6. The van der Waals surface area contributed by atoms with Crippen molar-refractivity contribution in [1.29, 1.82) is 0 Å². The molecule has 0 heterocycles. The molecule has 0 aliphatic carbocycles. The summed E-state index contributed by atoms with van der Waals surface area (Å²) in [5.41, 5.74) is 0. The van der Waals surface area contributed by atoms with Gasteiger partial charge in [0.15, 0.2) is 6.10 Å². The van der Waals surface area contributed by atoms with Crippen LogP contribution in [0.4, 0.5) is 0 Å². The van der Waals surface area contributed by atoms with Crippen molar-refractivity contribution in [2.24, 2.45) is 0 Å². The van der Waals surface area contributed by atoms with Crippen molar-refractivity contribution in [3.05, 3.63) is 36.5 Å². The van der Waals surface area contributed by atoms with E-state index in [1.807, 2.05) is 0 Å². The fraction of sp³-hybridized carbons (Fsp3) is 0.824. The lowest BCUT2D eigenvalue weighted by Gasteiger charge is -2.18. The number of hydrogen-bond acceptors (Lipinski definition) is 6. The molecule has 0 radical (unpaired) electrons. The highest BCUT2D eigenvalue weighted by Gasteiger charge is 2.19. The molecule has 0 aromatic heterocycles. The summed E-state index contributed by atoms with van der Waals surface area (Å²) in [6, 6.07) is 0. The Morgan fingerprint density at radius 1 is 0.368 bits per heavy atom.